The standard InChI is InChI=1S/C23H25N5O2S/c1-15(2)20-14-24-28-21(20)26-23(31(4,29)30)27-22(28)25-16(3)18-12-8-9-13-19(18)17-10-6-5-7-11-17/h5-16H,1-4H3,(H,25,26,27). The summed E-state index contributed by atoms with van der Waals surface area (Å²) in [6, 6.07) is 18.1. The fourth-order valence-electron chi connectivity index (χ4n) is 3.57. The molecule has 0 radical (unpaired) electrons. The van der Waals surface area contributed by atoms with Crippen molar-refractivity contribution < 1.29 is 8.42 Å². The van der Waals surface area contributed by atoms with Gasteiger partial charge in [0.15, 0.2) is 5.65 Å². The third-order valence-corrected chi connectivity index (χ3v) is 6.03. The molecule has 0 fully saturated rings. The first-order chi connectivity index (χ1) is 14.8. The summed E-state index contributed by atoms with van der Waals surface area (Å²) in [5.74, 6) is 0.483. The Hall–Kier alpha value is -3.26. The van der Waals surface area contributed by atoms with Crippen molar-refractivity contribution in [3.63, 3.8) is 0 Å². The number of rotatable bonds is 6. The number of benzene rings is 2. The quantitative estimate of drug-likeness (QED) is 0.480. The minimum absolute atomic E-state index is 0.142. The zero-order chi connectivity index (χ0) is 22.2. The van der Waals surface area contributed by atoms with E-state index in [4.69, 9.17) is 0 Å². The average Bonchev–Trinajstić information content (AvgIpc) is 3.18. The number of hydrogen-bond donors (Lipinski definition) is 1. The van der Waals surface area contributed by atoms with Gasteiger partial charge in [-0.15, -0.1) is 0 Å². The van der Waals surface area contributed by atoms with E-state index in [0.29, 0.717) is 11.6 Å². The van der Waals surface area contributed by atoms with Gasteiger partial charge in [0.05, 0.1) is 12.2 Å². The predicted octanol–water partition coefficient (Wildman–Crippen LogP) is 4.49. The summed E-state index contributed by atoms with van der Waals surface area (Å²) in [5.41, 5.74) is 4.64. The van der Waals surface area contributed by atoms with Gasteiger partial charge in [-0.3, -0.25) is 0 Å². The van der Waals surface area contributed by atoms with Gasteiger partial charge in [-0.1, -0.05) is 68.4 Å². The van der Waals surface area contributed by atoms with Gasteiger partial charge in [-0.05, 0) is 29.5 Å². The van der Waals surface area contributed by atoms with Gasteiger partial charge in [-0.25, -0.2) is 8.42 Å². The Morgan fingerprint density at radius 2 is 1.58 bits per heavy atom. The fraction of sp³-hybridized carbons (Fsp3) is 0.261. The summed E-state index contributed by atoms with van der Waals surface area (Å²) in [6.45, 7) is 6.05. The molecule has 1 unspecified atom stereocenters. The SMILES string of the molecule is CC(C)c1cnn2c(NC(C)c3ccccc3-c3ccccc3)nc(S(C)(=O)=O)nc12. The molecule has 0 saturated heterocycles. The summed E-state index contributed by atoms with van der Waals surface area (Å²) < 4.78 is 26.1. The Morgan fingerprint density at radius 1 is 0.903 bits per heavy atom. The number of hydrogen-bond acceptors (Lipinski definition) is 6. The van der Waals surface area contributed by atoms with Crippen molar-refractivity contribution in [1.82, 2.24) is 19.6 Å². The Kier molecular flexibility index (Phi) is 5.49. The minimum atomic E-state index is -3.59. The van der Waals surface area contributed by atoms with Crippen molar-refractivity contribution in [2.45, 2.75) is 37.9 Å². The molecular formula is C23H25N5O2S. The monoisotopic (exact) mass is 435 g/mol. The van der Waals surface area contributed by atoms with E-state index in [1.807, 2.05) is 51.1 Å². The van der Waals surface area contributed by atoms with Crippen LogP contribution in [0.2, 0.25) is 0 Å². The highest BCUT2D eigenvalue weighted by Gasteiger charge is 2.21. The van der Waals surface area contributed by atoms with Crippen LogP contribution in [0.5, 0.6) is 0 Å². The molecule has 2 aromatic heterocycles. The van der Waals surface area contributed by atoms with Gasteiger partial charge < -0.3 is 5.32 Å². The molecule has 0 saturated carbocycles. The van der Waals surface area contributed by atoms with Crippen LogP contribution in [0.1, 0.15) is 43.9 Å². The number of anilines is 1. The molecule has 0 aliphatic heterocycles. The number of nitrogens with one attached hydrogen (secondary N) is 1. The van der Waals surface area contributed by atoms with Crippen molar-refractivity contribution in [3.05, 3.63) is 71.9 Å². The predicted molar refractivity (Wildman–Crippen MR) is 122 cm³/mol. The maximum Gasteiger partial charge on any atom is 0.252 e. The summed E-state index contributed by atoms with van der Waals surface area (Å²) in [7, 11) is -3.59. The van der Waals surface area contributed by atoms with Crippen molar-refractivity contribution in [2.24, 2.45) is 0 Å². The number of nitrogens with zero attached hydrogens (tertiary/aromatic N) is 4. The van der Waals surface area contributed by atoms with Crippen LogP contribution in [0.25, 0.3) is 16.8 Å². The van der Waals surface area contributed by atoms with Gasteiger partial charge >= 0.3 is 0 Å². The van der Waals surface area contributed by atoms with Gasteiger partial charge in [0.2, 0.25) is 15.8 Å². The first kappa shape index (κ1) is 21.0. The van der Waals surface area contributed by atoms with Crippen molar-refractivity contribution in [3.8, 4) is 11.1 Å². The van der Waals surface area contributed by atoms with Gasteiger partial charge in [-0.2, -0.15) is 19.6 Å². The van der Waals surface area contributed by atoms with Crippen LogP contribution in [0.3, 0.4) is 0 Å². The third kappa shape index (κ3) is 4.16. The second-order valence-corrected chi connectivity index (χ2v) is 9.82. The second-order valence-electron chi connectivity index (χ2n) is 7.91. The van der Waals surface area contributed by atoms with E-state index in [9.17, 15) is 8.42 Å². The largest absolute Gasteiger partial charge is 0.348 e. The highest BCUT2D eigenvalue weighted by atomic mass is 32.2. The van der Waals surface area contributed by atoms with E-state index < -0.39 is 9.84 Å². The maximum absolute atomic E-state index is 12.2. The Labute approximate surface area is 182 Å². The van der Waals surface area contributed by atoms with Gasteiger partial charge in [0, 0.05) is 11.8 Å². The van der Waals surface area contributed by atoms with Gasteiger partial charge in [0.25, 0.3) is 5.16 Å². The number of fused-ring (bicyclic) bond motifs is 1. The second kappa shape index (κ2) is 8.11. The molecule has 31 heavy (non-hydrogen) atoms. The van der Waals surface area contributed by atoms with Crippen LogP contribution < -0.4 is 5.32 Å². The summed E-state index contributed by atoms with van der Waals surface area (Å²) >= 11 is 0. The lowest BCUT2D eigenvalue weighted by atomic mass is 9.96. The zero-order valence-corrected chi connectivity index (χ0v) is 18.8. The van der Waals surface area contributed by atoms with Crippen LogP contribution in [-0.2, 0) is 9.84 Å². The molecule has 0 aliphatic rings. The van der Waals surface area contributed by atoms with Gasteiger partial charge in [0.1, 0.15) is 0 Å². The molecule has 1 N–H and O–H groups in total. The molecule has 1 atom stereocenters. The smallest absolute Gasteiger partial charge is 0.252 e. The lowest BCUT2D eigenvalue weighted by Crippen LogP contribution is -2.16. The highest BCUT2D eigenvalue weighted by molar-refractivity contribution is 7.90. The fourth-order valence-corrected chi connectivity index (χ4v) is 4.07. The number of aromatic nitrogens is 4. The van der Waals surface area contributed by atoms with E-state index in [2.05, 4.69) is 44.6 Å². The first-order valence-corrected chi connectivity index (χ1v) is 12.0. The lowest BCUT2D eigenvalue weighted by molar-refractivity contribution is 0.591. The highest BCUT2D eigenvalue weighted by Crippen LogP contribution is 2.30. The molecule has 0 bridgehead atoms. The molecule has 160 valence electrons. The normalized spacial score (nSPS) is 12.9. The molecule has 2 heterocycles. The summed E-state index contributed by atoms with van der Waals surface area (Å²) in [5, 5.41) is 7.57. The van der Waals surface area contributed by atoms with Crippen molar-refractivity contribution in [1.29, 1.82) is 0 Å². The van der Waals surface area contributed by atoms with Crippen LogP contribution in [0, 0.1) is 0 Å². The molecule has 0 spiro atoms. The lowest BCUT2D eigenvalue weighted by Gasteiger charge is -2.19. The van der Waals surface area contributed by atoms with Crippen LogP contribution in [-0.4, -0.2) is 34.3 Å². The molecule has 2 aromatic carbocycles. The third-order valence-electron chi connectivity index (χ3n) is 5.19. The summed E-state index contributed by atoms with van der Waals surface area (Å²) in [4.78, 5) is 8.60. The molecular weight excluding hydrogens is 410 g/mol. The van der Waals surface area contributed by atoms with Crippen LogP contribution in [0.15, 0.2) is 66.0 Å². The zero-order valence-electron chi connectivity index (χ0n) is 17.9. The average molecular weight is 436 g/mol. The summed E-state index contributed by atoms with van der Waals surface area (Å²) in [6.07, 6.45) is 2.83. The van der Waals surface area contributed by atoms with Crippen LogP contribution in [0.4, 0.5) is 5.95 Å². The topological polar surface area (TPSA) is 89.2 Å². The molecule has 8 heteroatoms. The van der Waals surface area contributed by atoms with E-state index in [-0.39, 0.29) is 17.1 Å². The van der Waals surface area contributed by atoms with E-state index in [1.165, 1.54) is 0 Å². The first-order valence-electron chi connectivity index (χ1n) is 10.1. The van der Waals surface area contributed by atoms with Crippen molar-refractivity contribution >= 4 is 21.4 Å². The van der Waals surface area contributed by atoms with Crippen molar-refractivity contribution in [2.75, 3.05) is 11.6 Å². The molecule has 0 aliphatic carbocycles. The molecule has 4 rings (SSSR count). The van der Waals surface area contributed by atoms with Crippen LogP contribution >= 0.6 is 0 Å². The van der Waals surface area contributed by atoms with E-state index in [1.54, 1.807) is 10.7 Å². The minimum Gasteiger partial charge on any atom is -0.348 e. The van der Waals surface area contributed by atoms with E-state index >= 15 is 0 Å². The maximum atomic E-state index is 12.2. The number of sulfone groups is 1. The van der Waals surface area contributed by atoms with E-state index in [0.717, 1.165) is 28.5 Å². The Balaban J connectivity index is 1.81. The molecule has 7 nitrogen and oxygen atoms in total. The molecule has 4 aromatic rings. The Morgan fingerprint density at radius 3 is 2.26 bits per heavy atom. The molecule has 0 amide bonds. The Bertz CT molecular complexity index is 1330.